The molecule has 0 radical (unpaired) electrons. The number of ether oxygens (including phenoxy) is 2. The smallest absolute Gasteiger partial charge is 0.243 e. The fourth-order valence-electron chi connectivity index (χ4n) is 3.40. The second kappa shape index (κ2) is 8.93. The van der Waals surface area contributed by atoms with Gasteiger partial charge >= 0.3 is 0 Å². The maximum Gasteiger partial charge on any atom is 0.243 e. The van der Waals surface area contributed by atoms with Crippen molar-refractivity contribution in [2.75, 3.05) is 26.9 Å². The second-order valence-electron chi connectivity index (χ2n) is 6.52. The molecule has 3 rings (SSSR count). The summed E-state index contributed by atoms with van der Waals surface area (Å²) in [5.74, 6) is -0.461. The average Bonchev–Trinajstić information content (AvgIpc) is 3.06. The Kier molecular flexibility index (Phi) is 6.59. The SMILES string of the molecule is COCCO[C@@H]1CCN(S(=O)(=O)c2ccc(F)cc2)[C@H]1Cc1ccccc1. The molecule has 2 aromatic rings. The number of nitrogens with zero attached hydrogens (tertiary/aromatic N) is 1. The molecule has 0 saturated carbocycles. The summed E-state index contributed by atoms with van der Waals surface area (Å²) < 4.78 is 51.9. The maximum atomic E-state index is 13.2. The third-order valence-electron chi connectivity index (χ3n) is 4.76. The minimum atomic E-state index is -3.73. The van der Waals surface area contributed by atoms with Crippen LogP contribution < -0.4 is 0 Å². The molecule has 146 valence electrons. The predicted molar refractivity (Wildman–Crippen MR) is 100 cm³/mol. The highest BCUT2D eigenvalue weighted by molar-refractivity contribution is 7.89. The molecule has 0 unspecified atom stereocenters. The van der Waals surface area contributed by atoms with E-state index < -0.39 is 15.8 Å². The molecule has 1 saturated heterocycles. The largest absolute Gasteiger partial charge is 0.382 e. The standard InChI is InChI=1S/C20H24FNO4S/c1-25-13-14-26-20-11-12-22(19(20)15-16-5-3-2-4-6-16)27(23,24)18-9-7-17(21)8-10-18/h2-10,19-20H,11-15H2,1H3/t19-,20+/m0/s1. The van der Waals surface area contributed by atoms with Crippen LogP contribution in [0.1, 0.15) is 12.0 Å². The van der Waals surface area contributed by atoms with Crippen LogP contribution in [0.4, 0.5) is 4.39 Å². The second-order valence-corrected chi connectivity index (χ2v) is 8.41. The summed E-state index contributed by atoms with van der Waals surface area (Å²) in [5.41, 5.74) is 1.05. The van der Waals surface area contributed by atoms with Gasteiger partial charge in [-0.25, -0.2) is 12.8 Å². The van der Waals surface area contributed by atoms with E-state index in [9.17, 15) is 12.8 Å². The molecule has 1 aliphatic heterocycles. The van der Waals surface area contributed by atoms with Crippen molar-refractivity contribution in [3.05, 3.63) is 66.0 Å². The first-order valence-corrected chi connectivity index (χ1v) is 10.4. The first kappa shape index (κ1) is 19.9. The lowest BCUT2D eigenvalue weighted by Gasteiger charge is -2.28. The monoisotopic (exact) mass is 393 g/mol. The Morgan fingerprint density at radius 3 is 2.44 bits per heavy atom. The van der Waals surface area contributed by atoms with Gasteiger partial charge in [0.05, 0.1) is 30.3 Å². The zero-order valence-corrected chi connectivity index (χ0v) is 16.1. The summed E-state index contributed by atoms with van der Waals surface area (Å²) in [6.45, 7) is 1.24. The van der Waals surface area contributed by atoms with Crippen molar-refractivity contribution >= 4 is 10.0 Å². The van der Waals surface area contributed by atoms with E-state index in [1.54, 1.807) is 7.11 Å². The number of hydrogen-bond donors (Lipinski definition) is 0. The summed E-state index contributed by atoms with van der Waals surface area (Å²) in [6, 6.07) is 14.4. The quantitative estimate of drug-likeness (QED) is 0.647. The highest BCUT2D eigenvalue weighted by Crippen LogP contribution is 2.30. The summed E-state index contributed by atoms with van der Waals surface area (Å²) >= 11 is 0. The zero-order chi connectivity index (χ0) is 19.3. The van der Waals surface area contributed by atoms with Gasteiger partial charge in [-0.3, -0.25) is 0 Å². The molecular weight excluding hydrogens is 369 g/mol. The predicted octanol–water partition coefficient (Wildman–Crippen LogP) is 2.86. The van der Waals surface area contributed by atoms with E-state index in [2.05, 4.69) is 0 Å². The molecule has 1 aliphatic rings. The van der Waals surface area contributed by atoms with E-state index in [1.807, 2.05) is 30.3 Å². The number of benzene rings is 2. The molecule has 5 nitrogen and oxygen atoms in total. The van der Waals surface area contributed by atoms with Gasteiger partial charge in [0.1, 0.15) is 5.82 Å². The molecule has 2 aromatic carbocycles. The van der Waals surface area contributed by atoms with Gasteiger partial charge in [-0.15, -0.1) is 0 Å². The highest BCUT2D eigenvalue weighted by atomic mass is 32.2. The van der Waals surface area contributed by atoms with Gasteiger partial charge in [-0.05, 0) is 42.7 Å². The van der Waals surface area contributed by atoms with Gasteiger partial charge in [0, 0.05) is 13.7 Å². The molecule has 0 spiro atoms. The van der Waals surface area contributed by atoms with Gasteiger partial charge in [0.25, 0.3) is 0 Å². The molecule has 0 aromatic heterocycles. The Bertz CT molecular complexity index is 827. The number of hydrogen-bond acceptors (Lipinski definition) is 4. The molecule has 27 heavy (non-hydrogen) atoms. The van der Waals surface area contributed by atoms with Gasteiger partial charge in [0.15, 0.2) is 0 Å². The lowest BCUT2D eigenvalue weighted by Crippen LogP contribution is -2.42. The van der Waals surface area contributed by atoms with Crippen LogP contribution in [0.2, 0.25) is 0 Å². The fraction of sp³-hybridized carbons (Fsp3) is 0.400. The maximum absolute atomic E-state index is 13.2. The molecule has 7 heteroatoms. The summed E-state index contributed by atoms with van der Waals surface area (Å²) in [5, 5.41) is 0. The lowest BCUT2D eigenvalue weighted by atomic mass is 10.0. The first-order valence-electron chi connectivity index (χ1n) is 8.94. The number of halogens is 1. The van der Waals surface area contributed by atoms with Crippen molar-refractivity contribution in [2.24, 2.45) is 0 Å². The molecule has 2 atom stereocenters. The molecule has 0 amide bonds. The number of methoxy groups -OCH3 is 1. The minimum Gasteiger partial charge on any atom is -0.382 e. The molecule has 0 N–H and O–H groups in total. The first-order chi connectivity index (χ1) is 13.0. The van der Waals surface area contributed by atoms with Crippen LogP contribution >= 0.6 is 0 Å². The van der Waals surface area contributed by atoms with Crippen molar-refractivity contribution in [3.63, 3.8) is 0 Å². The average molecular weight is 393 g/mol. The van der Waals surface area contributed by atoms with Crippen LogP contribution in [0.5, 0.6) is 0 Å². The summed E-state index contributed by atoms with van der Waals surface area (Å²) in [6.07, 6.45) is 0.955. The molecular formula is C20H24FNO4S. The van der Waals surface area contributed by atoms with Crippen LogP contribution in [0, 0.1) is 5.82 Å². The zero-order valence-electron chi connectivity index (χ0n) is 15.3. The van der Waals surface area contributed by atoms with Crippen molar-refractivity contribution in [2.45, 2.75) is 29.9 Å². The van der Waals surface area contributed by atoms with Crippen molar-refractivity contribution in [1.29, 1.82) is 0 Å². The Labute approximate surface area is 159 Å². The Morgan fingerprint density at radius 1 is 1.07 bits per heavy atom. The van der Waals surface area contributed by atoms with E-state index in [0.717, 1.165) is 5.56 Å². The van der Waals surface area contributed by atoms with E-state index in [4.69, 9.17) is 9.47 Å². The Hall–Kier alpha value is -1.80. The molecule has 1 fully saturated rings. The number of rotatable bonds is 8. The van der Waals surface area contributed by atoms with E-state index in [0.29, 0.717) is 32.6 Å². The normalized spacial score (nSPS) is 20.8. The molecule has 0 bridgehead atoms. The van der Waals surface area contributed by atoms with E-state index >= 15 is 0 Å². The third-order valence-corrected chi connectivity index (χ3v) is 6.70. The highest BCUT2D eigenvalue weighted by Gasteiger charge is 2.42. The summed E-state index contributed by atoms with van der Waals surface area (Å²) in [7, 11) is -2.13. The Balaban J connectivity index is 1.86. The van der Waals surface area contributed by atoms with Crippen molar-refractivity contribution < 1.29 is 22.3 Å². The molecule has 0 aliphatic carbocycles. The van der Waals surface area contributed by atoms with Crippen molar-refractivity contribution in [3.8, 4) is 0 Å². The summed E-state index contributed by atoms with van der Waals surface area (Å²) in [4.78, 5) is 0.0968. The lowest BCUT2D eigenvalue weighted by molar-refractivity contribution is 0.00637. The van der Waals surface area contributed by atoms with Gasteiger partial charge in [-0.2, -0.15) is 4.31 Å². The van der Waals surface area contributed by atoms with Gasteiger partial charge < -0.3 is 9.47 Å². The van der Waals surface area contributed by atoms with Gasteiger partial charge in [-0.1, -0.05) is 30.3 Å². The third kappa shape index (κ3) is 4.73. The van der Waals surface area contributed by atoms with Crippen LogP contribution in [0.25, 0.3) is 0 Å². The van der Waals surface area contributed by atoms with E-state index in [1.165, 1.54) is 28.6 Å². The minimum absolute atomic E-state index is 0.0968. The molecule has 1 heterocycles. The van der Waals surface area contributed by atoms with Crippen molar-refractivity contribution in [1.82, 2.24) is 4.31 Å². The van der Waals surface area contributed by atoms with Crippen LogP contribution in [-0.2, 0) is 25.9 Å². The van der Waals surface area contributed by atoms with Gasteiger partial charge in [0.2, 0.25) is 10.0 Å². The van der Waals surface area contributed by atoms with Crippen LogP contribution in [0.15, 0.2) is 59.5 Å². The van der Waals surface area contributed by atoms with E-state index in [-0.39, 0.29) is 17.0 Å². The fourth-order valence-corrected chi connectivity index (χ4v) is 5.07. The van der Waals surface area contributed by atoms with Crippen LogP contribution in [0.3, 0.4) is 0 Å². The topological polar surface area (TPSA) is 55.8 Å². The Morgan fingerprint density at radius 2 is 1.78 bits per heavy atom. The van der Waals surface area contributed by atoms with Crippen LogP contribution in [-0.4, -0.2) is 51.7 Å². The number of sulfonamides is 1.